The molecule has 0 spiro atoms. The Labute approximate surface area is 106 Å². The molecule has 1 heterocycles. The molecular formula is C10H9BrN2O4. The Bertz CT molecular complexity index is 473. The molecule has 0 amide bonds. The van der Waals surface area contributed by atoms with E-state index in [0.29, 0.717) is 4.47 Å². The molecule has 0 aliphatic heterocycles. The van der Waals surface area contributed by atoms with Gasteiger partial charge in [0.2, 0.25) is 0 Å². The third-order valence-corrected chi connectivity index (χ3v) is 2.16. The Morgan fingerprint density at radius 2 is 2.41 bits per heavy atom. The Morgan fingerprint density at radius 1 is 1.71 bits per heavy atom. The van der Waals surface area contributed by atoms with E-state index in [9.17, 15) is 14.9 Å². The molecule has 17 heavy (non-hydrogen) atoms. The highest BCUT2D eigenvalue weighted by atomic mass is 79.9. The van der Waals surface area contributed by atoms with Crippen molar-refractivity contribution >= 4 is 33.7 Å². The summed E-state index contributed by atoms with van der Waals surface area (Å²) in [6, 6.07) is 1.32. The van der Waals surface area contributed by atoms with Crippen molar-refractivity contribution in [2.45, 2.75) is 6.92 Å². The second-order valence-corrected chi connectivity index (χ2v) is 3.82. The molecule has 1 aromatic rings. The molecule has 90 valence electrons. The number of pyridine rings is 1. The minimum atomic E-state index is -0.567. The highest BCUT2D eigenvalue weighted by molar-refractivity contribution is 9.10. The molecule has 0 saturated carbocycles. The van der Waals surface area contributed by atoms with E-state index < -0.39 is 10.9 Å². The number of hydrogen-bond acceptors (Lipinski definition) is 5. The van der Waals surface area contributed by atoms with Crippen LogP contribution in [0.1, 0.15) is 12.6 Å². The lowest BCUT2D eigenvalue weighted by atomic mass is 10.3. The second kappa shape index (κ2) is 6.09. The first-order chi connectivity index (χ1) is 8.04. The van der Waals surface area contributed by atoms with E-state index in [2.05, 4.69) is 25.7 Å². The van der Waals surface area contributed by atoms with Crippen molar-refractivity contribution in [3.63, 3.8) is 0 Å². The van der Waals surface area contributed by atoms with Crippen molar-refractivity contribution in [1.29, 1.82) is 0 Å². The van der Waals surface area contributed by atoms with Crippen LogP contribution in [0.5, 0.6) is 0 Å². The highest BCUT2D eigenvalue weighted by Gasteiger charge is 2.13. The van der Waals surface area contributed by atoms with E-state index in [1.54, 1.807) is 6.92 Å². The summed E-state index contributed by atoms with van der Waals surface area (Å²) in [6.45, 7) is 1.92. The molecule has 0 aliphatic rings. The Kier molecular flexibility index (Phi) is 4.77. The van der Waals surface area contributed by atoms with Crippen LogP contribution >= 0.6 is 15.9 Å². The third-order valence-electron chi connectivity index (χ3n) is 1.72. The van der Waals surface area contributed by atoms with Gasteiger partial charge in [-0.15, -0.1) is 0 Å². The third kappa shape index (κ3) is 3.95. The van der Waals surface area contributed by atoms with Crippen LogP contribution < -0.4 is 0 Å². The molecule has 0 aliphatic carbocycles. The maximum absolute atomic E-state index is 11.0. The van der Waals surface area contributed by atoms with Crippen molar-refractivity contribution in [3.05, 3.63) is 38.6 Å². The highest BCUT2D eigenvalue weighted by Crippen LogP contribution is 2.22. The zero-order valence-corrected chi connectivity index (χ0v) is 10.5. The number of ether oxygens (including phenoxy) is 1. The molecule has 1 aromatic heterocycles. The first-order valence-corrected chi connectivity index (χ1v) is 5.48. The molecule has 0 bridgehead atoms. The summed E-state index contributed by atoms with van der Waals surface area (Å²) in [5.41, 5.74) is -0.0776. The van der Waals surface area contributed by atoms with Crippen LogP contribution in [0, 0.1) is 10.1 Å². The largest absolute Gasteiger partial charge is 0.463 e. The fourth-order valence-electron chi connectivity index (χ4n) is 1.05. The standard InChI is InChI=1S/C10H9BrN2O4/c1-2-17-10(14)4-3-8-9(13(15)16)5-7(11)6-12-8/h3-6H,2H2,1H3/b4-3+. The van der Waals surface area contributed by atoms with Gasteiger partial charge in [0.15, 0.2) is 0 Å². The smallest absolute Gasteiger partial charge is 0.330 e. The molecule has 0 unspecified atom stereocenters. The molecule has 0 N–H and O–H groups in total. The van der Waals surface area contributed by atoms with Gasteiger partial charge >= 0.3 is 5.97 Å². The van der Waals surface area contributed by atoms with Gasteiger partial charge in [-0.1, -0.05) is 0 Å². The monoisotopic (exact) mass is 300 g/mol. The summed E-state index contributed by atoms with van der Waals surface area (Å²) in [4.78, 5) is 25.1. The maximum atomic E-state index is 11.0. The SMILES string of the molecule is CCOC(=O)/C=C/c1ncc(Br)cc1[N+](=O)[O-]. The molecule has 0 aromatic carbocycles. The number of carbonyl (C=O) groups excluding carboxylic acids is 1. The van der Waals surface area contributed by atoms with Gasteiger partial charge in [-0.3, -0.25) is 10.1 Å². The number of nitro groups is 1. The first-order valence-electron chi connectivity index (χ1n) is 4.69. The molecule has 0 saturated heterocycles. The van der Waals surface area contributed by atoms with Crippen LogP contribution in [-0.4, -0.2) is 22.5 Å². The summed E-state index contributed by atoms with van der Waals surface area (Å²) in [7, 11) is 0. The minimum Gasteiger partial charge on any atom is -0.463 e. The predicted octanol–water partition coefficient (Wildman–Crippen LogP) is 2.33. The van der Waals surface area contributed by atoms with Crippen LogP contribution in [0.15, 0.2) is 22.8 Å². The van der Waals surface area contributed by atoms with Crippen molar-refractivity contribution in [2.75, 3.05) is 6.61 Å². The number of esters is 1. The second-order valence-electron chi connectivity index (χ2n) is 2.90. The lowest BCUT2D eigenvalue weighted by molar-refractivity contribution is -0.385. The number of carbonyl (C=O) groups is 1. The molecule has 0 fully saturated rings. The number of halogens is 1. The molecule has 6 nitrogen and oxygen atoms in total. The van der Waals surface area contributed by atoms with Gasteiger partial charge < -0.3 is 4.74 Å². The van der Waals surface area contributed by atoms with Crippen LogP contribution in [0.25, 0.3) is 6.08 Å². The Morgan fingerprint density at radius 3 is 3.00 bits per heavy atom. The van der Waals surface area contributed by atoms with E-state index in [0.717, 1.165) is 6.08 Å². The first kappa shape index (κ1) is 13.3. The number of aromatic nitrogens is 1. The summed E-state index contributed by atoms with van der Waals surface area (Å²) in [5, 5.41) is 10.7. The fourth-order valence-corrected chi connectivity index (χ4v) is 1.37. The minimum absolute atomic E-state index is 0.103. The fraction of sp³-hybridized carbons (Fsp3) is 0.200. The lowest BCUT2D eigenvalue weighted by Crippen LogP contribution is -1.99. The quantitative estimate of drug-likeness (QED) is 0.369. The Balaban J connectivity index is 2.98. The van der Waals surface area contributed by atoms with Crippen LogP contribution in [0.4, 0.5) is 5.69 Å². The van der Waals surface area contributed by atoms with Gasteiger partial charge in [0, 0.05) is 22.8 Å². The van der Waals surface area contributed by atoms with Gasteiger partial charge in [-0.05, 0) is 28.9 Å². The van der Waals surface area contributed by atoms with E-state index in [1.165, 1.54) is 18.3 Å². The average Bonchev–Trinajstić information content (AvgIpc) is 2.27. The van der Waals surface area contributed by atoms with Crippen LogP contribution in [-0.2, 0) is 9.53 Å². The van der Waals surface area contributed by atoms with E-state index in [4.69, 9.17) is 0 Å². The summed E-state index contributed by atoms with van der Waals surface area (Å²) < 4.78 is 5.15. The van der Waals surface area contributed by atoms with Crippen molar-refractivity contribution in [3.8, 4) is 0 Å². The van der Waals surface area contributed by atoms with Gasteiger partial charge in [0.1, 0.15) is 5.69 Å². The molecular weight excluding hydrogens is 292 g/mol. The molecule has 0 atom stereocenters. The van der Waals surface area contributed by atoms with Crippen LogP contribution in [0.2, 0.25) is 0 Å². The summed E-state index contributed by atoms with van der Waals surface area (Å²) in [5.74, 6) is -0.563. The maximum Gasteiger partial charge on any atom is 0.330 e. The number of hydrogen-bond donors (Lipinski definition) is 0. The normalized spacial score (nSPS) is 10.5. The lowest BCUT2D eigenvalue weighted by Gasteiger charge is -1.98. The van der Waals surface area contributed by atoms with Gasteiger partial charge in [-0.2, -0.15) is 0 Å². The van der Waals surface area contributed by atoms with Gasteiger partial charge in [0.05, 0.1) is 11.5 Å². The number of nitrogens with zero attached hydrogens (tertiary/aromatic N) is 2. The number of rotatable bonds is 4. The molecule has 0 radical (unpaired) electrons. The van der Waals surface area contributed by atoms with E-state index in [-0.39, 0.29) is 18.0 Å². The van der Waals surface area contributed by atoms with Crippen molar-refractivity contribution in [1.82, 2.24) is 4.98 Å². The summed E-state index contributed by atoms with van der Waals surface area (Å²) in [6.07, 6.45) is 3.77. The van der Waals surface area contributed by atoms with Crippen molar-refractivity contribution in [2.24, 2.45) is 0 Å². The van der Waals surface area contributed by atoms with Gasteiger partial charge in [-0.25, -0.2) is 9.78 Å². The molecule has 7 heteroatoms. The summed E-state index contributed by atoms with van der Waals surface area (Å²) >= 11 is 3.09. The van der Waals surface area contributed by atoms with Gasteiger partial charge in [0.25, 0.3) is 5.69 Å². The molecule has 1 rings (SSSR count). The van der Waals surface area contributed by atoms with E-state index >= 15 is 0 Å². The average molecular weight is 301 g/mol. The zero-order chi connectivity index (χ0) is 12.8. The Hall–Kier alpha value is -1.76. The predicted molar refractivity (Wildman–Crippen MR) is 64.3 cm³/mol. The van der Waals surface area contributed by atoms with Crippen molar-refractivity contribution < 1.29 is 14.5 Å². The zero-order valence-electron chi connectivity index (χ0n) is 8.92. The van der Waals surface area contributed by atoms with Crippen LogP contribution in [0.3, 0.4) is 0 Å². The van der Waals surface area contributed by atoms with E-state index in [1.807, 2.05) is 0 Å². The topological polar surface area (TPSA) is 82.3 Å².